The highest BCUT2D eigenvalue weighted by atomic mass is 19.3. The van der Waals surface area contributed by atoms with E-state index in [9.17, 15) is 23.2 Å². The summed E-state index contributed by atoms with van der Waals surface area (Å²) in [7, 11) is 0. The van der Waals surface area contributed by atoms with Crippen LogP contribution >= 0.6 is 0 Å². The number of nitrogens with one attached hydrogen (secondary N) is 2. The Labute approximate surface area is 142 Å². The van der Waals surface area contributed by atoms with E-state index in [1.54, 1.807) is 6.92 Å². The first kappa shape index (κ1) is 17.1. The highest BCUT2D eigenvalue weighted by molar-refractivity contribution is 6.10. The number of hydrogen-bond acceptors (Lipinski definition) is 4. The van der Waals surface area contributed by atoms with Crippen LogP contribution < -0.4 is 15.4 Å². The molecule has 1 aliphatic carbocycles. The van der Waals surface area contributed by atoms with E-state index >= 15 is 0 Å². The average molecular weight is 353 g/mol. The van der Waals surface area contributed by atoms with E-state index < -0.39 is 36.5 Å². The third-order valence-corrected chi connectivity index (χ3v) is 4.37. The molecule has 0 spiro atoms. The lowest BCUT2D eigenvalue weighted by atomic mass is 9.96. The predicted molar refractivity (Wildman–Crippen MR) is 83.1 cm³/mol. The van der Waals surface area contributed by atoms with E-state index in [4.69, 9.17) is 0 Å². The molecule has 3 rings (SSSR count). The minimum Gasteiger partial charge on any atom is -0.433 e. The highest BCUT2D eigenvalue weighted by Gasteiger charge is 2.56. The molecule has 2 N–H and O–H groups in total. The standard InChI is InChI=1S/C16H17F2N3O4/c1-16(9-6-7-9)13(23)21(15(24)20-16)8-12(22)19-10-4-2-3-5-11(10)25-14(17)18/h2-5,9,14H,6-8H2,1H3,(H,19,22)(H,20,24)/t16-/m0/s1. The second-order valence-electron chi connectivity index (χ2n) is 6.22. The van der Waals surface area contributed by atoms with Crippen molar-refractivity contribution in [3.05, 3.63) is 24.3 Å². The minimum atomic E-state index is -3.04. The Kier molecular flexibility index (Phi) is 4.32. The Morgan fingerprint density at radius 2 is 2.08 bits per heavy atom. The summed E-state index contributed by atoms with van der Waals surface area (Å²) in [4.78, 5) is 37.5. The number of hydrogen-bond donors (Lipinski definition) is 2. The molecule has 25 heavy (non-hydrogen) atoms. The van der Waals surface area contributed by atoms with Gasteiger partial charge in [0.2, 0.25) is 5.91 Å². The van der Waals surface area contributed by atoms with Gasteiger partial charge in [0.15, 0.2) is 0 Å². The van der Waals surface area contributed by atoms with Crippen LogP contribution in [-0.4, -0.2) is 41.4 Å². The quantitative estimate of drug-likeness (QED) is 0.765. The molecular weight excluding hydrogens is 336 g/mol. The van der Waals surface area contributed by atoms with Gasteiger partial charge < -0.3 is 15.4 Å². The van der Waals surface area contributed by atoms with Crippen molar-refractivity contribution in [2.75, 3.05) is 11.9 Å². The molecule has 0 unspecified atom stereocenters. The molecule has 1 saturated carbocycles. The first-order valence-corrected chi connectivity index (χ1v) is 7.79. The normalized spacial score (nSPS) is 23.0. The molecule has 0 aromatic heterocycles. The molecule has 1 aromatic carbocycles. The van der Waals surface area contributed by atoms with Gasteiger partial charge in [-0.2, -0.15) is 8.78 Å². The number of carbonyl (C=O) groups excluding carboxylic acids is 3. The number of benzene rings is 1. The first-order valence-electron chi connectivity index (χ1n) is 7.79. The summed E-state index contributed by atoms with van der Waals surface area (Å²) in [6.45, 7) is -1.90. The van der Waals surface area contributed by atoms with Gasteiger partial charge in [0.05, 0.1) is 5.69 Å². The minimum absolute atomic E-state index is 0.0322. The Balaban J connectivity index is 1.67. The van der Waals surface area contributed by atoms with Crippen molar-refractivity contribution in [2.24, 2.45) is 5.92 Å². The van der Waals surface area contributed by atoms with Gasteiger partial charge >= 0.3 is 12.6 Å². The monoisotopic (exact) mass is 353 g/mol. The fourth-order valence-corrected chi connectivity index (χ4v) is 2.90. The Bertz CT molecular complexity index is 723. The number of alkyl halides is 2. The van der Waals surface area contributed by atoms with Gasteiger partial charge in [0.25, 0.3) is 5.91 Å². The van der Waals surface area contributed by atoms with Crippen molar-refractivity contribution in [1.29, 1.82) is 0 Å². The summed E-state index contributed by atoms with van der Waals surface area (Å²) in [6, 6.07) is 5.04. The van der Waals surface area contributed by atoms with E-state index in [-0.39, 0.29) is 17.4 Å². The number of ether oxygens (including phenoxy) is 1. The zero-order chi connectivity index (χ0) is 18.2. The Morgan fingerprint density at radius 1 is 1.40 bits per heavy atom. The molecule has 0 radical (unpaired) electrons. The number of urea groups is 1. The summed E-state index contributed by atoms with van der Waals surface area (Å²) in [5, 5.41) is 5.02. The molecule has 4 amide bonds. The van der Waals surface area contributed by atoms with E-state index in [1.807, 2.05) is 0 Å². The summed E-state index contributed by atoms with van der Waals surface area (Å²) < 4.78 is 29.1. The zero-order valence-electron chi connectivity index (χ0n) is 13.4. The second kappa shape index (κ2) is 6.30. The number of carbonyl (C=O) groups is 3. The van der Waals surface area contributed by atoms with Gasteiger partial charge in [-0.3, -0.25) is 14.5 Å². The van der Waals surface area contributed by atoms with Crippen LogP contribution in [0.1, 0.15) is 19.8 Å². The van der Waals surface area contributed by atoms with Crippen LogP contribution in [0.15, 0.2) is 24.3 Å². The molecular formula is C16H17F2N3O4. The van der Waals surface area contributed by atoms with Crippen LogP contribution in [0.4, 0.5) is 19.3 Å². The molecule has 2 aliphatic rings. The van der Waals surface area contributed by atoms with Crippen LogP contribution in [0.2, 0.25) is 0 Å². The molecule has 1 aliphatic heterocycles. The number of imide groups is 1. The van der Waals surface area contributed by atoms with Gasteiger partial charge in [0.1, 0.15) is 17.8 Å². The van der Waals surface area contributed by atoms with Crippen LogP contribution in [0.5, 0.6) is 5.75 Å². The van der Waals surface area contributed by atoms with Crippen molar-refractivity contribution in [3.8, 4) is 5.75 Å². The van der Waals surface area contributed by atoms with E-state index in [0.29, 0.717) is 0 Å². The van der Waals surface area contributed by atoms with Crippen LogP contribution in [0, 0.1) is 5.92 Å². The van der Waals surface area contributed by atoms with Crippen LogP contribution in [-0.2, 0) is 9.59 Å². The average Bonchev–Trinajstić information content (AvgIpc) is 3.35. The Hall–Kier alpha value is -2.71. The van der Waals surface area contributed by atoms with Crippen molar-refractivity contribution in [3.63, 3.8) is 0 Å². The molecule has 1 heterocycles. The van der Waals surface area contributed by atoms with E-state index in [1.165, 1.54) is 24.3 Å². The number of nitrogens with zero attached hydrogens (tertiary/aromatic N) is 1. The fourth-order valence-electron chi connectivity index (χ4n) is 2.90. The molecule has 134 valence electrons. The third-order valence-electron chi connectivity index (χ3n) is 4.37. The maximum absolute atomic E-state index is 12.5. The number of halogens is 2. The molecule has 7 nitrogen and oxygen atoms in total. The molecule has 1 atom stereocenters. The predicted octanol–water partition coefficient (Wildman–Crippen LogP) is 1.95. The maximum atomic E-state index is 12.5. The summed E-state index contributed by atoms with van der Waals surface area (Å²) in [5.74, 6) is -1.26. The lowest BCUT2D eigenvalue weighted by Gasteiger charge is -2.20. The van der Waals surface area contributed by atoms with Crippen molar-refractivity contribution in [2.45, 2.75) is 31.9 Å². The van der Waals surface area contributed by atoms with Crippen molar-refractivity contribution >= 4 is 23.5 Å². The van der Waals surface area contributed by atoms with E-state index in [0.717, 1.165) is 17.7 Å². The summed E-state index contributed by atoms with van der Waals surface area (Å²) in [5.41, 5.74) is -0.946. The number of anilines is 1. The molecule has 1 aromatic rings. The highest BCUT2D eigenvalue weighted by Crippen LogP contribution is 2.42. The number of rotatable bonds is 6. The number of para-hydroxylation sites is 2. The summed E-state index contributed by atoms with van der Waals surface area (Å²) in [6.07, 6.45) is 1.70. The molecule has 2 fully saturated rings. The van der Waals surface area contributed by atoms with Crippen LogP contribution in [0.3, 0.4) is 0 Å². The molecule has 1 saturated heterocycles. The lowest BCUT2D eigenvalue weighted by Crippen LogP contribution is -2.46. The van der Waals surface area contributed by atoms with Gasteiger partial charge in [-0.05, 0) is 37.8 Å². The van der Waals surface area contributed by atoms with Crippen LogP contribution in [0.25, 0.3) is 0 Å². The van der Waals surface area contributed by atoms with Gasteiger partial charge in [-0.25, -0.2) is 4.79 Å². The fraction of sp³-hybridized carbons (Fsp3) is 0.438. The van der Waals surface area contributed by atoms with E-state index in [2.05, 4.69) is 15.4 Å². The number of amides is 4. The molecule has 0 bridgehead atoms. The maximum Gasteiger partial charge on any atom is 0.387 e. The second-order valence-corrected chi connectivity index (χ2v) is 6.22. The summed E-state index contributed by atoms with van der Waals surface area (Å²) >= 11 is 0. The Morgan fingerprint density at radius 3 is 2.72 bits per heavy atom. The topological polar surface area (TPSA) is 87.7 Å². The van der Waals surface area contributed by atoms with Gasteiger partial charge in [-0.1, -0.05) is 12.1 Å². The smallest absolute Gasteiger partial charge is 0.387 e. The van der Waals surface area contributed by atoms with Crippen molar-refractivity contribution < 1.29 is 27.9 Å². The first-order chi connectivity index (χ1) is 11.8. The largest absolute Gasteiger partial charge is 0.433 e. The van der Waals surface area contributed by atoms with Gasteiger partial charge in [0, 0.05) is 0 Å². The third kappa shape index (κ3) is 3.40. The van der Waals surface area contributed by atoms with Crippen molar-refractivity contribution in [1.82, 2.24) is 10.2 Å². The zero-order valence-corrected chi connectivity index (χ0v) is 13.4. The molecule has 9 heteroatoms. The SMILES string of the molecule is C[C@@]1(C2CC2)NC(=O)N(CC(=O)Nc2ccccc2OC(F)F)C1=O. The van der Waals surface area contributed by atoms with Gasteiger partial charge in [-0.15, -0.1) is 0 Å². The lowest BCUT2D eigenvalue weighted by molar-refractivity contribution is -0.134.